The molecule has 0 fully saturated rings. The Morgan fingerprint density at radius 1 is 1.56 bits per heavy atom. The molecule has 0 saturated heterocycles. The molecule has 2 rings (SSSR count). The Bertz CT molecular complexity index is 471. The molecule has 1 aliphatic heterocycles. The number of hydrogen-bond acceptors (Lipinski definition) is 3. The highest BCUT2D eigenvalue weighted by Crippen LogP contribution is 2.34. The molecule has 5 heteroatoms. The minimum atomic E-state index is -0.266. The predicted molar refractivity (Wildman–Crippen MR) is 59.4 cm³/mol. The minimum Gasteiger partial charge on any atom is -0.489 e. The molecule has 0 unspecified atom stereocenters. The summed E-state index contributed by atoms with van der Waals surface area (Å²) in [5, 5.41) is 2.99. The molecule has 1 amide bonds. The van der Waals surface area contributed by atoms with E-state index in [4.69, 9.17) is 16.3 Å². The van der Waals surface area contributed by atoms with Gasteiger partial charge in [0.1, 0.15) is 12.9 Å². The average Bonchev–Trinajstić information content (AvgIpc) is 2.46. The van der Waals surface area contributed by atoms with Crippen LogP contribution in [0.1, 0.15) is 26.3 Å². The van der Waals surface area contributed by atoms with Crippen LogP contribution in [0.25, 0.3) is 0 Å². The van der Waals surface area contributed by atoms with E-state index < -0.39 is 0 Å². The van der Waals surface area contributed by atoms with Gasteiger partial charge in [0.2, 0.25) is 0 Å². The van der Waals surface area contributed by atoms with Gasteiger partial charge in [-0.05, 0) is 18.6 Å². The van der Waals surface area contributed by atoms with E-state index in [9.17, 15) is 9.59 Å². The highest BCUT2D eigenvalue weighted by Gasteiger charge is 2.22. The second-order valence-electron chi connectivity index (χ2n) is 3.50. The van der Waals surface area contributed by atoms with Crippen LogP contribution in [-0.4, -0.2) is 25.3 Å². The molecular weight excluding hydrogens is 230 g/mol. The fourth-order valence-electron chi connectivity index (χ4n) is 1.59. The Morgan fingerprint density at radius 2 is 2.31 bits per heavy atom. The molecule has 0 saturated carbocycles. The number of carbonyl (C=O) groups is 2. The van der Waals surface area contributed by atoms with Crippen LogP contribution in [0.4, 0.5) is 0 Å². The van der Waals surface area contributed by atoms with Crippen molar-refractivity contribution >= 4 is 23.8 Å². The summed E-state index contributed by atoms with van der Waals surface area (Å²) in [6, 6.07) is 1.50. The van der Waals surface area contributed by atoms with Crippen LogP contribution in [0.5, 0.6) is 5.75 Å². The average molecular weight is 240 g/mol. The SMILES string of the molecule is Cc1c(C=O)cc2c(c1Cl)OCCNC2=O. The zero-order valence-electron chi connectivity index (χ0n) is 8.67. The second-order valence-corrected chi connectivity index (χ2v) is 3.88. The van der Waals surface area contributed by atoms with Crippen molar-refractivity contribution in [2.24, 2.45) is 0 Å². The predicted octanol–water partition coefficient (Wildman–Crippen LogP) is 1.58. The number of fused-ring (bicyclic) bond motifs is 1. The summed E-state index contributed by atoms with van der Waals surface area (Å²) in [6.07, 6.45) is 0.680. The highest BCUT2D eigenvalue weighted by molar-refractivity contribution is 6.34. The number of nitrogens with one attached hydrogen (secondary N) is 1. The fraction of sp³-hybridized carbons (Fsp3) is 0.273. The molecule has 0 aromatic heterocycles. The maximum absolute atomic E-state index is 11.7. The monoisotopic (exact) mass is 239 g/mol. The molecule has 0 bridgehead atoms. The first-order valence-corrected chi connectivity index (χ1v) is 5.22. The molecule has 0 aliphatic carbocycles. The first kappa shape index (κ1) is 11.0. The lowest BCUT2D eigenvalue weighted by molar-refractivity contribution is 0.0957. The van der Waals surface area contributed by atoms with E-state index >= 15 is 0 Å². The molecule has 84 valence electrons. The third-order valence-electron chi connectivity index (χ3n) is 2.51. The molecule has 0 atom stereocenters. The van der Waals surface area contributed by atoms with Gasteiger partial charge in [-0.2, -0.15) is 0 Å². The molecule has 16 heavy (non-hydrogen) atoms. The third-order valence-corrected chi connectivity index (χ3v) is 2.97. The topological polar surface area (TPSA) is 55.4 Å². The van der Waals surface area contributed by atoms with E-state index in [0.29, 0.717) is 46.9 Å². The maximum Gasteiger partial charge on any atom is 0.255 e. The van der Waals surface area contributed by atoms with Gasteiger partial charge in [-0.15, -0.1) is 0 Å². The number of halogens is 1. The van der Waals surface area contributed by atoms with Crippen LogP contribution in [0.15, 0.2) is 6.07 Å². The Balaban J connectivity index is 2.68. The number of hydrogen-bond donors (Lipinski definition) is 1. The number of carbonyl (C=O) groups excluding carboxylic acids is 2. The van der Waals surface area contributed by atoms with Gasteiger partial charge in [0.25, 0.3) is 5.91 Å². The summed E-state index contributed by atoms with van der Waals surface area (Å²) in [7, 11) is 0. The maximum atomic E-state index is 11.7. The van der Waals surface area contributed by atoms with Gasteiger partial charge in [-0.3, -0.25) is 9.59 Å². The van der Waals surface area contributed by atoms with E-state index in [0.717, 1.165) is 0 Å². The second kappa shape index (κ2) is 4.14. The van der Waals surface area contributed by atoms with Crippen LogP contribution in [0, 0.1) is 6.92 Å². The minimum absolute atomic E-state index is 0.266. The normalized spacial score (nSPS) is 14.5. The van der Waals surface area contributed by atoms with Gasteiger partial charge >= 0.3 is 0 Å². The Hall–Kier alpha value is -1.55. The van der Waals surface area contributed by atoms with Crippen molar-refractivity contribution in [2.45, 2.75) is 6.92 Å². The highest BCUT2D eigenvalue weighted by atomic mass is 35.5. The Kier molecular flexibility index (Phi) is 2.83. The lowest BCUT2D eigenvalue weighted by atomic mass is 10.0. The Morgan fingerprint density at radius 3 is 3.00 bits per heavy atom. The largest absolute Gasteiger partial charge is 0.489 e. The van der Waals surface area contributed by atoms with Gasteiger partial charge in [-0.1, -0.05) is 11.6 Å². The van der Waals surface area contributed by atoms with Crippen LogP contribution >= 0.6 is 11.6 Å². The van der Waals surface area contributed by atoms with Crippen molar-refractivity contribution in [3.05, 3.63) is 27.8 Å². The van der Waals surface area contributed by atoms with Crippen molar-refractivity contribution in [3.8, 4) is 5.75 Å². The molecule has 0 radical (unpaired) electrons. The van der Waals surface area contributed by atoms with Gasteiger partial charge in [-0.25, -0.2) is 0 Å². The molecule has 0 spiro atoms. The molecule has 1 aromatic carbocycles. The summed E-state index contributed by atoms with van der Waals surface area (Å²) >= 11 is 6.07. The van der Waals surface area contributed by atoms with Crippen LogP contribution in [0.2, 0.25) is 5.02 Å². The molecule has 1 aromatic rings. The lowest BCUT2D eigenvalue weighted by Crippen LogP contribution is -2.24. The molecule has 1 N–H and O–H groups in total. The van der Waals surface area contributed by atoms with Crippen LogP contribution in [-0.2, 0) is 0 Å². The van der Waals surface area contributed by atoms with E-state index in [-0.39, 0.29) is 5.91 Å². The van der Waals surface area contributed by atoms with Crippen LogP contribution in [0.3, 0.4) is 0 Å². The van der Waals surface area contributed by atoms with Crippen LogP contribution < -0.4 is 10.1 Å². The van der Waals surface area contributed by atoms with E-state index in [1.807, 2.05) is 0 Å². The van der Waals surface area contributed by atoms with Gasteiger partial charge in [0.15, 0.2) is 5.75 Å². The van der Waals surface area contributed by atoms with E-state index in [2.05, 4.69) is 5.32 Å². The first-order valence-electron chi connectivity index (χ1n) is 4.84. The summed E-state index contributed by atoms with van der Waals surface area (Å²) < 4.78 is 5.40. The van der Waals surface area contributed by atoms with E-state index in [1.165, 1.54) is 6.07 Å². The van der Waals surface area contributed by atoms with E-state index in [1.54, 1.807) is 6.92 Å². The zero-order chi connectivity index (χ0) is 11.7. The fourth-order valence-corrected chi connectivity index (χ4v) is 1.86. The molecular formula is C11H10ClNO3. The Labute approximate surface area is 97.5 Å². The zero-order valence-corrected chi connectivity index (χ0v) is 9.43. The van der Waals surface area contributed by atoms with Crippen molar-refractivity contribution in [1.82, 2.24) is 5.32 Å². The standard InChI is InChI=1S/C11H10ClNO3/c1-6-7(5-14)4-8-10(9(6)12)16-3-2-13-11(8)15/h4-5H,2-3H2,1H3,(H,13,15). The summed E-state index contributed by atoms with van der Waals surface area (Å²) in [4.78, 5) is 22.5. The number of amides is 1. The molecule has 1 aliphatic rings. The van der Waals surface area contributed by atoms with Crippen molar-refractivity contribution in [1.29, 1.82) is 0 Å². The summed E-state index contributed by atoms with van der Waals surface area (Å²) in [5.41, 5.74) is 1.35. The smallest absolute Gasteiger partial charge is 0.255 e. The summed E-state index contributed by atoms with van der Waals surface area (Å²) in [6.45, 7) is 2.52. The van der Waals surface area contributed by atoms with Gasteiger partial charge in [0.05, 0.1) is 17.1 Å². The third kappa shape index (κ3) is 1.65. The van der Waals surface area contributed by atoms with Crippen molar-refractivity contribution in [3.63, 3.8) is 0 Å². The van der Waals surface area contributed by atoms with Gasteiger partial charge < -0.3 is 10.1 Å². The number of rotatable bonds is 1. The molecule has 4 nitrogen and oxygen atoms in total. The van der Waals surface area contributed by atoms with Gasteiger partial charge in [0, 0.05) is 5.56 Å². The number of ether oxygens (including phenoxy) is 1. The number of aldehydes is 1. The van der Waals surface area contributed by atoms with Crippen molar-refractivity contribution in [2.75, 3.05) is 13.2 Å². The van der Waals surface area contributed by atoms with Crippen molar-refractivity contribution < 1.29 is 14.3 Å². The lowest BCUT2D eigenvalue weighted by Gasteiger charge is -2.11. The molecule has 1 heterocycles. The number of benzene rings is 1. The first-order chi connectivity index (χ1) is 7.65. The quantitative estimate of drug-likeness (QED) is 0.757. The summed E-state index contributed by atoms with van der Waals surface area (Å²) in [5.74, 6) is 0.0947.